The highest BCUT2D eigenvalue weighted by molar-refractivity contribution is 5.14. The smallest absolute Gasteiger partial charge is 0.0307 e. The summed E-state index contributed by atoms with van der Waals surface area (Å²) < 4.78 is 0. The molecule has 0 N–H and O–H groups in total. The summed E-state index contributed by atoms with van der Waals surface area (Å²) in [6.07, 6.45) is 2.28. The fourth-order valence-corrected chi connectivity index (χ4v) is 1.43. The van der Waals surface area contributed by atoms with E-state index >= 15 is 0 Å². The van der Waals surface area contributed by atoms with Crippen LogP contribution in [0, 0.1) is 0 Å². The van der Waals surface area contributed by atoms with Crippen molar-refractivity contribution in [3.63, 3.8) is 0 Å². The molecule has 2 aromatic rings. The molecular weight excluding hydrogens is 204 g/mol. The fraction of sp³-hybridized carbons (Fsp3) is 0.294. The van der Waals surface area contributed by atoms with Gasteiger partial charge in [0.25, 0.3) is 0 Å². The molecule has 0 radical (unpaired) electrons. The molecule has 0 heteroatoms. The van der Waals surface area contributed by atoms with Crippen LogP contribution in [-0.2, 0) is 12.8 Å². The van der Waals surface area contributed by atoms with E-state index in [0.717, 1.165) is 12.8 Å². The average Bonchev–Trinajstić information content (AvgIpc) is 2.41. The lowest BCUT2D eigenvalue weighted by Crippen LogP contribution is -1.73. The number of hydrogen-bond donors (Lipinski definition) is 0. The van der Waals surface area contributed by atoms with Gasteiger partial charge < -0.3 is 0 Å². The van der Waals surface area contributed by atoms with Gasteiger partial charge in [0.1, 0.15) is 0 Å². The van der Waals surface area contributed by atoms with E-state index in [9.17, 15) is 0 Å². The Bertz CT molecular complexity index is 322. The van der Waals surface area contributed by atoms with E-state index in [-0.39, 0.29) is 7.43 Å². The molecule has 0 saturated carbocycles. The topological polar surface area (TPSA) is 0 Å². The molecule has 0 nitrogen and oxygen atoms in total. The molecule has 92 valence electrons. The van der Waals surface area contributed by atoms with E-state index < -0.39 is 0 Å². The first-order valence-corrected chi connectivity index (χ1v) is 5.94. The summed E-state index contributed by atoms with van der Waals surface area (Å²) in [6.45, 7) is 4.32. The second-order valence-electron chi connectivity index (χ2n) is 3.68. The minimum absolute atomic E-state index is 0. The number of hydrogen-bond acceptors (Lipinski definition) is 0. The maximum absolute atomic E-state index is 2.16. The van der Waals surface area contributed by atoms with Gasteiger partial charge in [0, 0.05) is 0 Å². The first-order chi connectivity index (χ1) is 7.86. The molecule has 2 rings (SSSR count). The van der Waals surface area contributed by atoms with Crippen LogP contribution in [0.25, 0.3) is 0 Å². The summed E-state index contributed by atoms with van der Waals surface area (Å²) in [5, 5.41) is 0. The van der Waals surface area contributed by atoms with Gasteiger partial charge in [0.15, 0.2) is 0 Å². The average molecular weight is 228 g/mol. The first-order valence-electron chi connectivity index (χ1n) is 5.94. The van der Waals surface area contributed by atoms with E-state index in [1.807, 2.05) is 12.1 Å². The molecule has 0 aliphatic heterocycles. The summed E-state index contributed by atoms with van der Waals surface area (Å²) in [7, 11) is 0. The van der Waals surface area contributed by atoms with Crippen molar-refractivity contribution in [2.75, 3.05) is 0 Å². The maximum Gasteiger partial charge on any atom is -0.0307 e. The van der Waals surface area contributed by atoms with Gasteiger partial charge in [-0.15, -0.1) is 0 Å². The lowest BCUT2D eigenvalue weighted by atomic mass is 10.2. The molecule has 0 saturated heterocycles. The lowest BCUT2D eigenvalue weighted by Gasteiger charge is -1.89. The Morgan fingerprint density at radius 3 is 1.06 bits per heavy atom. The Hall–Kier alpha value is -1.56. The molecule has 0 atom stereocenters. The van der Waals surface area contributed by atoms with Crippen molar-refractivity contribution >= 4 is 0 Å². The quantitative estimate of drug-likeness (QED) is 0.668. The van der Waals surface area contributed by atoms with Gasteiger partial charge in [-0.1, -0.05) is 81.9 Å². The zero-order valence-corrected chi connectivity index (χ0v) is 10.2. The summed E-state index contributed by atoms with van der Waals surface area (Å²) >= 11 is 0. The molecule has 0 amide bonds. The lowest BCUT2D eigenvalue weighted by molar-refractivity contribution is 1.14. The van der Waals surface area contributed by atoms with Crippen LogP contribution >= 0.6 is 0 Å². The summed E-state index contributed by atoms with van der Waals surface area (Å²) in [4.78, 5) is 0. The zero-order chi connectivity index (χ0) is 11.6. The minimum atomic E-state index is 0. The van der Waals surface area contributed by atoms with Crippen molar-refractivity contribution in [1.82, 2.24) is 0 Å². The summed E-state index contributed by atoms with van der Waals surface area (Å²) in [5.74, 6) is 0. The number of rotatable bonds is 2. The fourth-order valence-electron chi connectivity index (χ4n) is 1.43. The summed E-state index contributed by atoms with van der Waals surface area (Å²) in [6, 6.07) is 20.9. The second kappa shape index (κ2) is 9.65. The van der Waals surface area contributed by atoms with E-state index in [1.165, 1.54) is 11.1 Å². The van der Waals surface area contributed by atoms with Crippen molar-refractivity contribution in [2.24, 2.45) is 0 Å². The largest absolute Gasteiger partial charge is 0.0776 e. The molecule has 0 bridgehead atoms. The molecule has 0 aliphatic rings. The Morgan fingerprint density at radius 1 is 0.588 bits per heavy atom. The van der Waals surface area contributed by atoms with Crippen LogP contribution in [0.5, 0.6) is 0 Å². The number of benzene rings is 2. The first kappa shape index (κ1) is 15.4. The van der Waals surface area contributed by atoms with Crippen LogP contribution < -0.4 is 0 Å². The van der Waals surface area contributed by atoms with Crippen molar-refractivity contribution < 1.29 is 0 Å². The van der Waals surface area contributed by atoms with Gasteiger partial charge in [-0.25, -0.2) is 0 Å². The monoisotopic (exact) mass is 228 g/mol. The van der Waals surface area contributed by atoms with Crippen LogP contribution in [-0.4, -0.2) is 0 Å². The van der Waals surface area contributed by atoms with Gasteiger partial charge in [-0.2, -0.15) is 0 Å². The Morgan fingerprint density at radius 2 is 0.882 bits per heavy atom. The standard InChI is InChI=1S/2C8H10.CH4/c2*1-2-8-6-4-3-5-7-8;/h2*3-7H,2H2,1H3;1H4. The summed E-state index contributed by atoms with van der Waals surface area (Å²) in [5.41, 5.74) is 2.82. The van der Waals surface area contributed by atoms with Gasteiger partial charge in [0.05, 0.1) is 0 Å². The third-order valence-corrected chi connectivity index (χ3v) is 2.50. The van der Waals surface area contributed by atoms with E-state index in [4.69, 9.17) is 0 Å². The highest BCUT2D eigenvalue weighted by Crippen LogP contribution is 1.97. The van der Waals surface area contributed by atoms with Crippen LogP contribution in [0.15, 0.2) is 60.7 Å². The van der Waals surface area contributed by atoms with Crippen LogP contribution in [0.1, 0.15) is 32.4 Å². The molecule has 0 aromatic heterocycles. The highest BCUT2D eigenvalue weighted by atomic mass is 13.9. The molecule has 2 aromatic carbocycles. The zero-order valence-electron chi connectivity index (χ0n) is 10.2. The maximum atomic E-state index is 2.16. The van der Waals surface area contributed by atoms with E-state index in [1.54, 1.807) is 0 Å². The van der Waals surface area contributed by atoms with Crippen molar-refractivity contribution in [3.05, 3.63) is 71.8 Å². The van der Waals surface area contributed by atoms with Gasteiger partial charge in [-0.05, 0) is 24.0 Å². The van der Waals surface area contributed by atoms with Gasteiger partial charge in [0.2, 0.25) is 0 Å². The third-order valence-electron chi connectivity index (χ3n) is 2.50. The SMILES string of the molecule is C.CCc1ccccc1.CCc1ccccc1. The molecule has 0 fully saturated rings. The molecule has 0 spiro atoms. The normalized spacial score (nSPS) is 8.59. The van der Waals surface area contributed by atoms with Crippen LogP contribution in [0.4, 0.5) is 0 Å². The molecule has 17 heavy (non-hydrogen) atoms. The molecule has 0 aliphatic carbocycles. The van der Waals surface area contributed by atoms with E-state index in [0.29, 0.717) is 0 Å². The highest BCUT2D eigenvalue weighted by Gasteiger charge is 1.80. The third kappa shape index (κ3) is 6.57. The van der Waals surface area contributed by atoms with Gasteiger partial charge >= 0.3 is 0 Å². The number of aryl methyl sites for hydroxylation is 2. The Kier molecular flexibility index (Phi) is 8.77. The van der Waals surface area contributed by atoms with Crippen molar-refractivity contribution in [2.45, 2.75) is 34.1 Å². The Labute approximate surface area is 106 Å². The predicted octanol–water partition coefficient (Wildman–Crippen LogP) is 5.13. The second-order valence-corrected chi connectivity index (χ2v) is 3.68. The minimum Gasteiger partial charge on any atom is -0.0776 e. The molecular formula is C17H24. The molecule has 0 unspecified atom stereocenters. The van der Waals surface area contributed by atoms with Crippen molar-refractivity contribution in [3.8, 4) is 0 Å². The Balaban J connectivity index is 0.000000284. The van der Waals surface area contributed by atoms with E-state index in [2.05, 4.69) is 62.4 Å². The van der Waals surface area contributed by atoms with Crippen LogP contribution in [0.2, 0.25) is 0 Å². The predicted molar refractivity (Wildman–Crippen MR) is 78.4 cm³/mol. The molecule has 0 heterocycles. The van der Waals surface area contributed by atoms with Crippen LogP contribution in [0.3, 0.4) is 0 Å². The van der Waals surface area contributed by atoms with Gasteiger partial charge in [-0.3, -0.25) is 0 Å². The van der Waals surface area contributed by atoms with Crippen molar-refractivity contribution in [1.29, 1.82) is 0 Å².